The van der Waals surface area contributed by atoms with Crippen LogP contribution in [0.25, 0.3) is 0 Å². The van der Waals surface area contributed by atoms with Crippen molar-refractivity contribution in [2.45, 2.75) is 13.0 Å². The first-order valence-corrected chi connectivity index (χ1v) is 8.32. The Morgan fingerprint density at radius 2 is 1.68 bits per heavy atom. The van der Waals surface area contributed by atoms with E-state index in [1.54, 1.807) is 36.4 Å². The van der Waals surface area contributed by atoms with E-state index in [0.29, 0.717) is 26.5 Å². The molecule has 0 radical (unpaired) electrons. The molecule has 0 aliphatic carbocycles. The number of hydrogen-bond donors (Lipinski definition) is 1. The van der Waals surface area contributed by atoms with Gasteiger partial charge in [-0.1, -0.05) is 34.8 Å². The molecule has 1 amide bonds. The summed E-state index contributed by atoms with van der Waals surface area (Å²) in [4.78, 5) is 23.7. The van der Waals surface area contributed by atoms with Gasteiger partial charge in [0.05, 0.1) is 10.7 Å². The number of esters is 1. The summed E-state index contributed by atoms with van der Waals surface area (Å²) in [5.41, 5.74) is 0.334. The Hall–Kier alpha value is -1.95. The van der Waals surface area contributed by atoms with E-state index in [9.17, 15) is 9.59 Å². The van der Waals surface area contributed by atoms with Crippen molar-refractivity contribution in [3.8, 4) is 5.75 Å². The lowest BCUT2D eigenvalue weighted by molar-refractivity contribution is -0.153. The van der Waals surface area contributed by atoms with Crippen molar-refractivity contribution in [3.05, 3.63) is 57.5 Å². The maximum Gasteiger partial charge on any atom is 0.347 e. The Balaban J connectivity index is 1.83. The molecule has 0 fully saturated rings. The van der Waals surface area contributed by atoms with Crippen LogP contribution >= 0.6 is 34.8 Å². The minimum atomic E-state index is -0.885. The highest BCUT2D eigenvalue weighted by molar-refractivity contribution is 6.35. The average molecular weight is 403 g/mol. The third-order valence-corrected chi connectivity index (χ3v) is 3.82. The van der Waals surface area contributed by atoms with Gasteiger partial charge in [0.2, 0.25) is 0 Å². The van der Waals surface area contributed by atoms with E-state index in [1.807, 2.05) is 0 Å². The first-order chi connectivity index (χ1) is 11.8. The fourth-order valence-electron chi connectivity index (χ4n) is 1.80. The molecule has 1 atom stereocenters. The van der Waals surface area contributed by atoms with Crippen molar-refractivity contribution in [2.75, 3.05) is 11.9 Å². The molecule has 0 heterocycles. The van der Waals surface area contributed by atoms with Gasteiger partial charge in [-0.3, -0.25) is 4.79 Å². The Bertz CT molecular complexity index is 765. The Labute approximate surface area is 159 Å². The summed E-state index contributed by atoms with van der Waals surface area (Å²) < 4.78 is 10.3. The summed E-state index contributed by atoms with van der Waals surface area (Å²) in [7, 11) is 0. The van der Waals surface area contributed by atoms with Crippen LogP contribution in [-0.2, 0) is 14.3 Å². The van der Waals surface area contributed by atoms with Crippen LogP contribution in [0.4, 0.5) is 5.69 Å². The van der Waals surface area contributed by atoms with E-state index in [4.69, 9.17) is 44.3 Å². The summed E-state index contributed by atoms with van der Waals surface area (Å²) in [5, 5.41) is 3.81. The highest BCUT2D eigenvalue weighted by atomic mass is 35.5. The average Bonchev–Trinajstić information content (AvgIpc) is 2.58. The third-order valence-electron chi connectivity index (χ3n) is 3.01. The summed E-state index contributed by atoms with van der Waals surface area (Å²) >= 11 is 17.6. The number of ether oxygens (including phenoxy) is 2. The number of nitrogens with one attached hydrogen (secondary N) is 1. The molecule has 1 N–H and O–H groups in total. The monoisotopic (exact) mass is 401 g/mol. The molecule has 25 heavy (non-hydrogen) atoms. The highest BCUT2D eigenvalue weighted by Crippen LogP contribution is 2.25. The van der Waals surface area contributed by atoms with Crippen molar-refractivity contribution in [1.82, 2.24) is 0 Å². The zero-order valence-electron chi connectivity index (χ0n) is 13.1. The molecule has 2 aromatic rings. The highest BCUT2D eigenvalue weighted by Gasteiger charge is 2.18. The summed E-state index contributed by atoms with van der Waals surface area (Å²) in [6, 6.07) is 11.2. The van der Waals surface area contributed by atoms with E-state index in [1.165, 1.54) is 13.0 Å². The van der Waals surface area contributed by atoms with E-state index in [0.717, 1.165) is 0 Å². The van der Waals surface area contributed by atoms with Gasteiger partial charge < -0.3 is 14.8 Å². The topological polar surface area (TPSA) is 64.6 Å². The molecule has 8 heteroatoms. The number of amides is 1. The molecule has 5 nitrogen and oxygen atoms in total. The van der Waals surface area contributed by atoms with Crippen molar-refractivity contribution in [1.29, 1.82) is 0 Å². The quantitative estimate of drug-likeness (QED) is 0.717. The molecular formula is C17H14Cl3NO4. The van der Waals surface area contributed by atoms with Crippen LogP contribution in [0.1, 0.15) is 6.92 Å². The minimum absolute atomic E-state index is 0.323. The lowest BCUT2D eigenvalue weighted by Crippen LogP contribution is -2.29. The molecule has 0 aliphatic rings. The Morgan fingerprint density at radius 1 is 1.04 bits per heavy atom. The van der Waals surface area contributed by atoms with Crippen molar-refractivity contribution in [2.24, 2.45) is 0 Å². The van der Waals surface area contributed by atoms with E-state index >= 15 is 0 Å². The largest absolute Gasteiger partial charge is 0.479 e. The number of anilines is 1. The summed E-state index contributed by atoms with van der Waals surface area (Å²) in [5.74, 6) is -0.762. The van der Waals surface area contributed by atoms with Crippen molar-refractivity contribution >= 4 is 52.4 Å². The molecule has 0 saturated heterocycles. The SMILES string of the molecule is CC(Oc1ccc(Cl)cc1)C(=O)OCC(=O)Nc1cc(Cl)ccc1Cl. The van der Waals surface area contributed by atoms with Crippen LogP contribution in [0.2, 0.25) is 15.1 Å². The smallest absolute Gasteiger partial charge is 0.347 e. The lowest BCUT2D eigenvalue weighted by Gasteiger charge is -2.14. The van der Waals surface area contributed by atoms with Gasteiger partial charge in [0.25, 0.3) is 5.91 Å². The van der Waals surface area contributed by atoms with Gasteiger partial charge in [-0.05, 0) is 49.4 Å². The number of rotatable bonds is 6. The molecule has 2 rings (SSSR count). The Kier molecular flexibility index (Phi) is 6.93. The molecule has 132 valence electrons. The molecule has 0 bridgehead atoms. The number of carbonyl (C=O) groups is 2. The molecular weight excluding hydrogens is 389 g/mol. The maximum atomic E-state index is 11.9. The second kappa shape index (κ2) is 8.94. The molecule has 1 unspecified atom stereocenters. The predicted molar refractivity (Wildman–Crippen MR) is 97.6 cm³/mol. The molecule has 0 aliphatic heterocycles. The van der Waals surface area contributed by atoms with Gasteiger partial charge in [-0.25, -0.2) is 4.79 Å². The number of halogens is 3. The maximum absolute atomic E-state index is 11.9. The number of hydrogen-bond acceptors (Lipinski definition) is 4. The summed E-state index contributed by atoms with van der Waals surface area (Å²) in [6.45, 7) is 1.04. The molecule has 0 saturated carbocycles. The number of carbonyl (C=O) groups excluding carboxylic acids is 2. The van der Waals surface area contributed by atoms with Crippen LogP contribution in [0.3, 0.4) is 0 Å². The standard InChI is InChI=1S/C17H14Cl3NO4/c1-10(25-13-5-2-11(18)3-6-13)17(23)24-9-16(22)21-15-8-12(19)4-7-14(15)20/h2-8,10H,9H2,1H3,(H,21,22). The number of benzene rings is 2. The molecule has 2 aromatic carbocycles. The summed E-state index contributed by atoms with van der Waals surface area (Å²) in [6.07, 6.45) is -0.885. The minimum Gasteiger partial charge on any atom is -0.479 e. The third kappa shape index (κ3) is 6.12. The van der Waals surface area contributed by atoms with Crippen LogP contribution < -0.4 is 10.1 Å². The van der Waals surface area contributed by atoms with E-state index in [-0.39, 0.29) is 0 Å². The molecule has 0 aromatic heterocycles. The zero-order chi connectivity index (χ0) is 18.4. The second-order valence-corrected chi connectivity index (χ2v) is 6.27. The predicted octanol–water partition coefficient (Wildman–Crippen LogP) is 4.60. The zero-order valence-corrected chi connectivity index (χ0v) is 15.4. The van der Waals surface area contributed by atoms with Gasteiger partial charge in [0.1, 0.15) is 5.75 Å². The lowest BCUT2D eigenvalue weighted by atomic mass is 10.3. The van der Waals surface area contributed by atoms with Gasteiger partial charge >= 0.3 is 5.97 Å². The fraction of sp³-hybridized carbons (Fsp3) is 0.176. The van der Waals surface area contributed by atoms with E-state index < -0.39 is 24.6 Å². The van der Waals surface area contributed by atoms with Gasteiger partial charge in [-0.15, -0.1) is 0 Å². The van der Waals surface area contributed by atoms with Gasteiger partial charge in [-0.2, -0.15) is 0 Å². The van der Waals surface area contributed by atoms with Gasteiger partial charge in [0, 0.05) is 10.0 Å². The van der Waals surface area contributed by atoms with Crippen molar-refractivity contribution < 1.29 is 19.1 Å². The van der Waals surface area contributed by atoms with Gasteiger partial charge in [0.15, 0.2) is 12.7 Å². The first kappa shape index (κ1) is 19.4. The van der Waals surface area contributed by atoms with Crippen LogP contribution in [0.5, 0.6) is 5.75 Å². The normalized spacial score (nSPS) is 11.5. The van der Waals surface area contributed by atoms with Crippen molar-refractivity contribution in [3.63, 3.8) is 0 Å². The van der Waals surface area contributed by atoms with Crippen LogP contribution in [0, 0.1) is 0 Å². The van der Waals surface area contributed by atoms with Crippen LogP contribution in [-0.4, -0.2) is 24.6 Å². The molecule has 0 spiro atoms. The Morgan fingerprint density at radius 3 is 2.36 bits per heavy atom. The second-order valence-electron chi connectivity index (χ2n) is 4.99. The van der Waals surface area contributed by atoms with E-state index in [2.05, 4.69) is 5.32 Å². The van der Waals surface area contributed by atoms with Crippen LogP contribution in [0.15, 0.2) is 42.5 Å². The first-order valence-electron chi connectivity index (χ1n) is 7.19. The fourth-order valence-corrected chi connectivity index (χ4v) is 2.26.